The summed E-state index contributed by atoms with van der Waals surface area (Å²) < 4.78 is 8.74. The van der Waals surface area contributed by atoms with Crippen LogP contribution in [0, 0.1) is 0 Å². The summed E-state index contributed by atoms with van der Waals surface area (Å²) in [5.41, 5.74) is -0.0693. The van der Waals surface area contributed by atoms with Crippen molar-refractivity contribution in [1.29, 1.82) is 0 Å². The molecule has 0 saturated carbocycles. The van der Waals surface area contributed by atoms with Crippen LogP contribution in [-0.4, -0.2) is 73.7 Å². The van der Waals surface area contributed by atoms with Gasteiger partial charge in [-0.2, -0.15) is 0 Å². The molecule has 3 rings (SSSR count). The number of aliphatic carboxylic acids is 2. The van der Waals surface area contributed by atoms with Crippen molar-refractivity contribution in [1.82, 2.24) is 10.2 Å². The molecule has 2 aliphatic heterocycles. The molecule has 2 amide bonds. The fraction of sp³-hybridized carbons (Fsp3) is 0.389. The van der Waals surface area contributed by atoms with Gasteiger partial charge in [0.2, 0.25) is 5.91 Å². The second-order valence-corrected chi connectivity index (χ2v) is 9.05. The van der Waals surface area contributed by atoms with Gasteiger partial charge in [-0.05, 0) is 18.4 Å². The molecule has 13 heteroatoms. The summed E-state index contributed by atoms with van der Waals surface area (Å²) in [7, 11) is 0. The van der Waals surface area contributed by atoms with Gasteiger partial charge < -0.3 is 24.7 Å². The smallest absolute Gasteiger partial charge is 0.352 e. The first-order valence-corrected chi connectivity index (χ1v) is 11.0. The van der Waals surface area contributed by atoms with E-state index in [-0.39, 0.29) is 29.4 Å². The third-order valence-corrected chi connectivity index (χ3v) is 7.91. The van der Waals surface area contributed by atoms with Crippen molar-refractivity contribution < 1.29 is 43.3 Å². The summed E-state index contributed by atoms with van der Waals surface area (Å²) in [5.74, 6) is -6.74. The van der Waals surface area contributed by atoms with Gasteiger partial charge in [0.25, 0.3) is 5.91 Å². The molecule has 1 aromatic heterocycles. The van der Waals surface area contributed by atoms with E-state index in [1.165, 1.54) is 37.1 Å². The highest BCUT2D eigenvalue weighted by Crippen LogP contribution is 2.55. The first-order chi connectivity index (χ1) is 14.6. The number of carboxylic acids is 2. The predicted molar refractivity (Wildman–Crippen MR) is 108 cm³/mol. The van der Waals surface area contributed by atoms with Gasteiger partial charge in [0, 0.05) is 18.2 Å². The minimum Gasteiger partial charge on any atom is -0.480 e. The number of carboxylic acid groups (broad SMARTS) is 2. The van der Waals surface area contributed by atoms with Crippen molar-refractivity contribution in [2.75, 3.05) is 18.6 Å². The van der Waals surface area contributed by atoms with Gasteiger partial charge in [-0.15, -0.1) is 23.5 Å². The van der Waals surface area contributed by atoms with Crippen molar-refractivity contribution in [3.63, 3.8) is 0 Å². The molecular weight excluding hydrogens is 452 g/mol. The number of hydrogen-bond acceptors (Lipinski definition) is 9. The number of β-lactam (4-membered cyclic amide) rings is 1. The number of carbonyl (C=O) groups excluding carboxylic acids is 3. The molecule has 2 unspecified atom stereocenters. The molecule has 31 heavy (non-hydrogen) atoms. The SMILES string of the molecule is CS[C@]12SCC(COC(C)=O)=C(C(=O)O)N1C(=O)C2NC(=O)C(C(=O)O)c1ccco1. The molecule has 0 aliphatic carbocycles. The summed E-state index contributed by atoms with van der Waals surface area (Å²) in [6, 6.07) is 1.60. The molecule has 3 atom stereocenters. The van der Waals surface area contributed by atoms with Crippen LogP contribution in [0.15, 0.2) is 34.1 Å². The van der Waals surface area contributed by atoms with Crippen molar-refractivity contribution in [2.45, 2.75) is 23.1 Å². The summed E-state index contributed by atoms with van der Waals surface area (Å²) in [5, 5.41) is 21.6. The lowest BCUT2D eigenvalue weighted by molar-refractivity contribution is -0.154. The maximum atomic E-state index is 12.9. The number of esters is 1. The summed E-state index contributed by atoms with van der Waals surface area (Å²) >= 11 is 2.32. The first kappa shape index (κ1) is 22.7. The fourth-order valence-electron chi connectivity index (χ4n) is 3.34. The third-order valence-electron chi connectivity index (χ3n) is 4.72. The highest BCUT2D eigenvalue weighted by atomic mass is 32.2. The Morgan fingerprint density at radius 3 is 2.65 bits per heavy atom. The largest absolute Gasteiger partial charge is 0.480 e. The Labute approximate surface area is 184 Å². The molecule has 0 aromatic carbocycles. The minimum absolute atomic E-state index is 0.0992. The van der Waals surface area contributed by atoms with Crippen molar-refractivity contribution in [3.05, 3.63) is 35.4 Å². The average molecular weight is 470 g/mol. The van der Waals surface area contributed by atoms with Crippen LogP contribution in [0.2, 0.25) is 0 Å². The lowest BCUT2D eigenvalue weighted by Crippen LogP contribution is -2.77. The number of amides is 2. The Morgan fingerprint density at radius 2 is 2.13 bits per heavy atom. The van der Waals surface area contributed by atoms with E-state index in [4.69, 9.17) is 9.15 Å². The highest BCUT2D eigenvalue weighted by Gasteiger charge is 2.66. The van der Waals surface area contributed by atoms with Gasteiger partial charge in [0.15, 0.2) is 16.2 Å². The second-order valence-electron chi connectivity index (χ2n) is 6.56. The van der Waals surface area contributed by atoms with E-state index in [9.17, 15) is 34.2 Å². The zero-order valence-electron chi connectivity index (χ0n) is 16.3. The molecule has 3 heterocycles. The van der Waals surface area contributed by atoms with E-state index >= 15 is 0 Å². The molecular formula is C18H18N2O9S2. The lowest BCUT2D eigenvalue weighted by atomic mass is 10.00. The van der Waals surface area contributed by atoms with Gasteiger partial charge in [-0.25, -0.2) is 4.79 Å². The highest BCUT2D eigenvalue weighted by molar-refractivity contribution is 8.18. The average Bonchev–Trinajstić information content (AvgIpc) is 3.23. The maximum Gasteiger partial charge on any atom is 0.352 e. The van der Waals surface area contributed by atoms with Crippen LogP contribution in [0.4, 0.5) is 0 Å². The molecule has 1 saturated heterocycles. The van der Waals surface area contributed by atoms with Crippen LogP contribution in [0.3, 0.4) is 0 Å². The predicted octanol–water partition coefficient (Wildman–Crippen LogP) is 0.440. The number of thioether (sulfide) groups is 2. The number of rotatable bonds is 8. The Kier molecular flexibility index (Phi) is 6.36. The van der Waals surface area contributed by atoms with Crippen LogP contribution in [0.5, 0.6) is 0 Å². The van der Waals surface area contributed by atoms with E-state index < -0.39 is 45.9 Å². The van der Waals surface area contributed by atoms with E-state index in [2.05, 4.69) is 5.32 Å². The first-order valence-electron chi connectivity index (χ1n) is 8.82. The van der Waals surface area contributed by atoms with E-state index in [1.807, 2.05) is 0 Å². The van der Waals surface area contributed by atoms with Crippen LogP contribution < -0.4 is 5.32 Å². The van der Waals surface area contributed by atoms with Crippen LogP contribution in [0.1, 0.15) is 18.6 Å². The fourth-order valence-corrected chi connectivity index (χ4v) is 5.99. The van der Waals surface area contributed by atoms with Gasteiger partial charge >= 0.3 is 17.9 Å². The van der Waals surface area contributed by atoms with Crippen LogP contribution >= 0.6 is 23.5 Å². The van der Waals surface area contributed by atoms with Crippen LogP contribution in [0.25, 0.3) is 0 Å². The lowest BCUT2D eigenvalue weighted by Gasteiger charge is -2.57. The standard InChI is InChI=1S/C18H18N2O9S2/c1-8(21)29-6-9-7-31-18(30-2)13(15(23)20(18)12(9)17(26)27)19-14(22)11(16(24)25)10-4-3-5-28-10/h3-5,11,13H,6-7H2,1-2H3,(H,19,22)(H,24,25)(H,26,27)/t11?,13?,18-/m1/s1. The monoisotopic (exact) mass is 470 g/mol. The zero-order chi connectivity index (χ0) is 22.9. The van der Waals surface area contributed by atoms with Gasteiger partial charge in [0.05, 0.1) is 6.26 Å². The second kappa shape index (κ2) is 8.67. The molecule has 0 bridgehead atoms. The molecule has 0 spiro atoms. The van der Waals surface area contributed by atoms with Gasteiger partial charge in [0.1, 0.15) is 18.1 Å². The molecule has 166 valence electrons. The zero-order valence-corrected chi connectivity index (χ0v) is 17.9. The number of carbonyl (C=O) groups is 5. The molecule has 1 aromatic rings. The molecule has 3 N–H and O–H groups in total. The van der Waals surface area contributed by atoms with Gasteiger partial charge in [-0.1, -0.05) is 0 Å². The Hall–Kier alpha value is -2.93. The number of fused-ring (bicyclic) bond motifs is 1. The van der Waals surface area contributed by atoms with E-state index in [0.29, 0.717) is 0 Å². The van der Waals surface area contributed by atoms with Crippen molar-refractivity contribution in [2.24, 2.45) is 0 Å². The molecule has 1 fully saturated rings. The third kappa shape index (κ3) is 3.90. The normalized spacial score (nSPS) is 23.5. The minimum atomic E-state index is -1.67. The summed E-state index contributed by atoms with van der Waals surface area (Å²) in [6.07, 6.45) is 2.87. The Bertz CT molecular complexity index is 975. The number of ether oxygens (including phenoxy) is 1. The van der Waals surface area contributed by atoms with Crippen molar-refractivity contribution >= 4 is 53.2 Å². The van der Waals surface area contributed by atoms with Crippen molar-refractivity contribution in [3.8, 4) is 0 Å². The summed E-state index contributed by atoms with van der Waals surface area (Å²) in [4.78, 5) is 61.2. The summed E-state index contributed by atoms with van der Waals surface area (Å²) in [6.45, 7) is 0.899. The van der Waals surface area contributed by atoms with Gasteiger partial charge in [-0.3, -0.25) is 24.1 Å². The number of hydrogen-bond donors (Lipinski definition) is 3. The van der Waals surface area contributed by atoms with Crippen LogP contribution in [-0.2, 0) is 28.7 Å². The molecule has 11 nitrogen and oxygen atoms in total. The maximum absolute atomic E-state index is 12.9. The molecule has 2 aliphatic rings. The Morgan fingerprint density at radius 1 is 1.42 bits per heavy atom. The number of nitrogens with zero attached hydrogens (tertiary/aromatic N) is 1. The van der Waals surface area contributed by atoms with E-state index in [1.54, 1.807) is 6.26 Å². The van der Waals surface area contributed by atoms with E-state index in [0.717, 1.165) is 16.7 Å². The molecule has 0 radical (unpaired) electrons. The number of furan rings is 1. The Balaban J connectivity index is 1.88. The number of nitrogens with one attached hydrogen (secondary N) is 1. The topological polar surface area (TPSA) is 163 Å². The quantitative estimate of drug-likeness (QED) is 0.274.